The summed E-state index contributed by atoms with van der Waals surface area (Å²) < 4.78 is 1.54. The lowest BCUT2D eigenvalue weighted by Crippen LogP contribution is -2.24. The Morgan fingerprint density at radius 1 is 1.10 bits per heavy atom. The lowest BCUT2D eigenvalue weighted by atomic mass is 9.97. The van der Waals surface area contributed by atoms with Gasteiger partial charge in [-0.2, -0.15) is 0 Å². The van der Waals surface area contributed by atoms with Crippen LogP contribution < -0.4 is 16.2 Å². The van der Waals surface area contributed by atoms with Gasteiger partial charge in [0.05, 0.1) is 11.7 Å². The van der Waals surface area contributed by atoms with Crippen LogP contribution in [0.5, 0.6) is 0 Å². The molecule has 0 saturated heterocycles. The molecule has 31 heavy (non-hydrogen) atoms. The molecule has 2 aromatic heterocycles. The highest BCUT2D eigenvalue weighted by atomic mass is 32.1. The topological polar surface area (TPSA) is 93.1 Å². The van der Waals surface area contributed by atoms with Gasteiger partial charge in [0.15, 0.2) is 0 Å². The molecule has 0 spiro atoms. The van der Waals surface area contributed by atoms with Crippen molar-refractivity contribution in [1.29, 1.82) is 0 Å². The first kappa shape index (κ1) is 21.2. The number of nitrogens with zero attached hydrogens (tertiary/aromatic N) is 2. The summed E-state index contributed by atoms with van der Waals surface area (Å²) in [6.07, 6.45) is 5.95. The molecule has 0 atom stereocenters. The summed E-state index contributed by atoms with van der Waals surface area (Å²) in [5.74, 6) is -0.339. The smallest absolute Gasteiger partial charge is 0.262 e. The van der Waals surface area contributed by atoms with Crippen LogP contribution in [-0.2, 0) is 29.0 Å². The number of thiophene rings is 1. The Hall–Kier alpha value is -3.00. The number of carbonyl (C=O) groups excluding carboxylic acids is 2. The van der Waals surface area contributed by atoms with Crippen LogP contribution in [0.4, 0.5) is 11.4 Å². The molecule has 0 unspecified atom stereocenters. The molecule has 1 aliphatic rings. The number of nitrogens with one attached hydrogen (secondary N) is 2. The largest absolute Gasteiger partial charge is 0.326 e. The predicted octanol–water partition coefficient (Wildman–Crippen LogP) is 3.96. The van der Waals surface area contributed by atoms with E-state index in [1.165, 1.54) is 15.9 Å². The summed E-state index contributed by atoms with van der Waals surface area (Å²) in [6, 6.07) is 6.98. The van der Waals surface area contributed by atoms with Crippen LogP contribution in [0, 0.1) is 5.92 Å². The summed E-state index contributed by atoms with van der Waals surface area (Å²) in [5.41, 5.74) is 2.43. The molecule has 2 heterocycles. The summed E-state index contributed by atoms with van der Waals surface area (Å²) >= 11 is 1.62. The second-order valence-electron chi connectivity index (χ2n) is 8.15. The summed E-state index contributed by atoms with van der Waals surface area (Å²) in [7, 11) is 0. The second-order valence-corrected chi connectivity index (χ2v) is 9.24. The number of benzene rings is 1. The number of hydrogen-bond donors (Lipinski definition) is 2. The van der Waals surface area contributed by atoms with Crippen LogP contribution in [0.3, 0.4) is 0 Å². The summed E-state index contributed by atoms with van der Waals surface area (Å²) in [4.78, 5) is 43.7. The molecule has 0 saturated carbocycles. The van der Waals surface area contributed by atoms with Crippen molar-refractivity contribution >= 4 is 44.7 Å². The molecule has 162 valence electrons. The maximum atomic E-state index is 13.0. The van der Waals surface area contributed by atoms with Crippen LogP contribution in [0.25, 0.3) is 10.2 Å². The summed E-state index contributed by atoms with van der Waals surface area (Å²) in [5, 5.41) is 6.38. The number of hydrogen-bond acceptors (Lipinski definition) is 5. The normalized spacial score (nSPS) is 13.3. The van der Waals surface area contributed by atoms with Crippen LogP contribution in [0.1, 0.15) is 43.6 Å². The third kappa shape index (κ3) is 4.69. The number of rotatable bonds is 6. The highest BCUT2D eigenvalue weighted by Gasteiger charge is 2.20. The van der Waals surface area contributed by atoms with E-state index in [0.717, 1.165) is 35.0 Å². The molecular weight excluding hydrogens is 412 g/mol. The van der Waals surface area contributed by atoms with Gasteiger partial charge in [-0.3, -0.25) is 19.0 Å². The molecule has 8 heteroatoms. The van der Waals surface area contributed by atoms with E-state index in [1.54, 1.807) is 41.9 Å². The Morgan fingerprint density at radius 2 is 1.77 bits per heavy atom. The quantitative estimate of drug-likeness (QED) is 0.609. The first-order valence-corrected chi connectivity index (χ1v) is 11.4. The number of aryl methyl sites for hydroxylation is 3. The van der Waals surface area contributed by atoms with E-state index >= 15 is 0 Å². The van der Waals surface area contributed by atoms with E-state index < -0.39 is 0 Å². The molecule has 7 nitrogen and oxygen atoms in total. The SMILES string of the molecule is CC(C)C(=O)Nc1ccc(NC(=O)CCn2cnc3sc4c(c3c2=O)CCCC4)cc1. The molecule has 4 rings (SSSR count). The van der Waals surface area contributed by atoms with Crippen LogP contribution in [0.15, 0.2) is 35.4 Å². The third-order valence-corrected chi connectivity index (χ3v) is 6.68. The highest BCUT2D eigenvalue weighted by Crippen LogP contribution is 2.33. The van der Waals surface area contributed by atoms with E-state index in [0.29, 0.717) is 11.4 Å². The van der Waals surface area contributed by atoms with Gasteiger partial charge in [-0.1, -0.05) is 13.8 Å². The Kier molecular flexibility index (Phi) is 6.18. The first-order valence-electron chi connectivity index (χ1n) is 10.6. The molecule has 2 N–H and O–H groups in total. The van der Waals surface area contributed by atoms with Gasteiger partial charge in [-0.25, -0.2) is 4.98 Å². The highest BCUT2D eigenvalue weighted by molar-refractivity contribution is 7.18. The molecular formula is C23H26N4O3S. The Balaban J connectivity index is 1.39. The number of aromatic nitrogens is 2. The van der Waals surface area contributed by atoms with Gasteiger partial charge in [-0.15, -0.1) is 11.3 Å². The zero-order valence-corrected chi connectivity index (χ0v) is 18.6. The maximum absolute atomic E-state index is 13.0. The first-order chi connectivity index (χ1) is 14.9. The van der Waals surface area contributed by atoms with E-state index in [4.69, 9.17) is 0 Å². The fourth-order valence-corrected chi connectivity index (χ4v) is 4.93. The van der Waals surface area contributed by atoms with E-state index in [-0.39, 0.29) is 36.3 Å². The molecule has 0 fully saturated rings. The van der Waals surface area contributed by atoms with Crippen LogP contribution in [0.2, 0.25) is 0 Å². The zero-order valence-electron chi connectivity index (χ0n) is 17.7. The molecule has 2 amide bonds. The average molecular weight is 439 g/mol. The van der Waals surface area contributed by atoms with Crippen molar-refractivity contribution in [2.75, 3.05) is 10.6 Å². The predicted molar refractivity (Wildman–Crippen MR) is 124 cm³/mol. The van der Waals surface area contributed by atoms with Crippen molar-refractivity contribution in [3.05, 3.63) is 51.4 Å². The van der Waals surface area contributed by atoms with Crippen molar-refractivity contribution in [1.82, 2.24) is 9.55 Å². The number of anilines is 2. The average Bonchev–Trinajstić information content (AvgIpc) is 3.14. The van der Waals surface area contributed by atoms with Crippen molar-refractivity contribution in [2.24, 2.45) is 5.92 Å². The minimum absolute atomic E-state index is 0.0533. The zero-order chi connectivity index (χ0) is 22.0. The van der Waals surface area contributed by atoms with Gasteiger partial charge in [0.2, 0.25) is 11.8 Å². The Labute approximate surface area is 184 Å². The van der Waals surface area contributed by atoms with Gasteiger partial charge in [-0.05, 0) is 55.5 Å². The van der Waals surface area contributed by atoms with Crippen molar-refractivity contribution in [2.45, 2.75) is 52.5 Å². The molecule has 0 aliphatic heterocycles. The Morgan fingerprint density at radius 3 is 2.48 bits per heavy atom. The maximum Gasteiger partial charge on any atom is 0.262 e. The fraction of sp³-hybridized carbons (Fsp3) is 0.391. The third-order valence-electron chi connectivity index (χ3n) is 5.48. The molecule has 1 aliphatic carbocycles. The molecule has 0 radical (unpaired) electrons. The Bertz CT molecular complexity index is 1180. The van der Waals surface area contributed by atoms with Crippen LogP contribution in [-0.4, -0.2) is 21.4 Å². The van der Waals surface area contributed by atoms with Crippen molar-refractivity contribution in [3.63, 3.8) is 0 Å². The monoisotopic (exact) mass is 438 g/mol. The number of fused-ring (bicyclic) bond motifs is 3. The minimum Gasteiger partial charge on any atom is -0.326 e. The number of carbonyl (C=O) groups is 2. The fourth-order valence-electron chi connectivity index (χ4n) is 3.71. The van der Waals surface area contributed by atoms with E-state index in [1.807, 2.05) is 13.8 Å². The lowest BCUT2D eigenvalue weighted by molar-refractivity contribution is -0.119. The van der Waals surface area contributed by atoms with E-state index in [2.05, 4.69) is 15.6 Å². The minimum atomic E-state index is -0.182. The number of amides is 2. The van der Waals surface area contributed by atoms with Gasteiger partial charge in [0.25, 0.3) is 5.56 Å². The summed E-state index contributed by atoms with van der Waals surface area (Å²) in [6.45, 7) is 3.94. The van der Waals surface area contributed by atoms with Crippen LogP contribution >= 0.6 is 11.3 Å². The lowest BCUT2D eigenvalue weighted by Gasteiger charge is -2.11. The van der Waals surface area contributed by atoms with Crippen molar-refractivity contribution < 1.29 is 9.59 Å². The van der Waals surface area contributed by atoms with Gasteiger partial charge in [0, 0.05) is 35.1 Å². The van der Waals surface area contributed by atoms with Gasteiger partial charge < -0.3 is 10.6 Å². The second kappa shape index (κ2) is 9.01. The molecule has 1 aromatic carbocycles. The standard InChI is InChI=1S/C23H26N4O3S/c1-14(2)21(29)26-16-9-7-15(8-10-16)25-19(28)11-12-27-13-24-22-20(23(27)30)17-5-3-4-6-18(17)31-22/h7-10,13-14H,3-6,11-12H2,1-2H3,(H,25,28)(H,26,29). The van der Waals surface area contributed by atoms with Gasteiger partial charge in [0.1, 0.15) is 4.83 Å². The van der Waals surface area contributed by atoms with Crippen molar-refractivity contribution in [3.8, 4) is 0 Å². The van der Waals surface area contributed by atoms with Gasteiger partial charge >= 0.3 is 0 Å². The molecule has 3 aromatic rings. The van der Waals surface area contributed by atoms with E-state index in [9.17, 15) is 14.4 Å². The molecule has 0 bridgehead atoms.